The Morgan fingerprint density at radius 2 is 2.00 bits per heavy atom. The Hall–Kier alpha value is -1.60. The molecule has 1 amide bonds. The summed E-state index contributed by atoms with van der Waals surface area (Å²) in [4.78, 5) is 14.8. The highest BCUT2D eigenvalue weighted by molar-refractivity contribution is 5.95. The molecule has 2 aliphatic rings. The van der Waals surface area contributed by atoms with Crippen LogP contribution < -0.4 is 14.8 Å². The summed E-state index contributed by atoms with van der Waals surface area (Å²) in [5, 5.41) is 3.33. The molecule has 134 valence electrons. The van der Waals surface area contributed by atoms with Crippen molar-refractivity contribution in [2.24, 2.45) is 0 Å². The number of fused-ring (bicyclic) bond motifs is 2. The molecule has 1 aromatic rings. The lowest BCUT2D eigenvalue weighted by Crippen LogP contribution is -2.42. The van der Waals surface area contributed by atoms with Crippen molar-refractivity contribution in [3.63, 3.8) is 0 Å². The van der Waals surface area contributed by atoms with Crippen LogP contribution in [0.4, 0.5) is 8.78 Å². The number of ether oxygens (including phenoxy) is 2. The van der Waals surface area contributed by atoms with Crippen LogP contribution in [0, 0.1) is 0 Å². The van der Waals surface area contributed by atoms with Crippen molar-refractivity contribution in [3.05, 3.63) is 23.8 Å². The summed E-state index contributed by atoms with van der Waals surface area (Å²) < 4.78 is 34.5. The van der Waals surface area contributed by atoms with Crippen LogP contribution in [-0.2, 0) is 0 Å². The van der Waals surface area contributed by atoms with Crippen LogP contribution in [0.1, 0.15) is 29.6 Å². The minimum absolute atomic E-state index is 0. The monoisotopic (exact) mass is 362 g/mol. The van der Waals surface area contributed by atoms with E-state index in [1.807, 2.05) is 4.90 Å². The molecule has 1 N–H and O–H groups in total. The van der Waals surface area contributed by atoms with Gasteiger partial charge in [-0.2, -0.15) is 8.78 Å². The molecule has 5 nitrogen and oxygen atoms in total. The minimum Gasteiger partial charge on any atom is -0.493 e. The van der Waals surface area contributed by atoms with E-state index in [0.29, 0.717) is 5.56 Å². The van der Waals surface area contributed by atoms with Crippen molar-refractivity contribution < 1.29 is 23.0 Å². The molecule has 2 fully saturated rings. The topological polar surface area (TPSA) is 50.8 Å². The Labute approximate surface area is 145 Å². The van der Waals surface area contributed by atoms with Crippen LogP contribution >= 0.6 is 12.4 Å². The molecular formula is C16H21ClF2N2O3. The van der Waals surface area contributed by atoms with E-state index in [1.54, 1.807) is 6.07 Å². The molecule has 2 atom stereocenters. The molecule has 24 heavy (non-hydrogen) atoms. The molecule has 0 aromatic heterocycles. The van der Waals surface area contributed by atoms with Crippen molar-refractivity contribution in [1.82, 2.24) is 10.2 Å². The Morgan fingerprint density at radius 3 is 2.71 bits per heavy atom. The molecular weight excluding hydrogens is 342 g/mol. The molecule has 2 heterocycles. The van der Waals surface area contributed by atoms with E-state index in [4.69, 9.17) is 4.74 Å². The van der Waals surface area contributed by atoms with E-state index in [0.717, 1.165) is 32.4 Å². The number of hydrogen-bond acceptors (Lipinski definition) is 4. The standard InChI is InChI=1S/C16H20F2N2O3.ClH/c1-22-13-5-2-10(8-14(13)23-16(17)18)15(21)20-11-3-4-12(20)9-19-7-6-11;/h2,5,8,11-12,16,19H,3-4,6-7,9H2,1H3;1H. The zero-order chi connectivity index (χ0) is 16.4. The van der Waals surface area contributed by atoms with E-state index in [-0.39, 0.29) is 41.9 Å². The average Bonchev–Trinajstić information content (AvgIpc) is 2.79. The van der Waals surface area contributed by atoms with E-state index >= 15 is 0 Å². The summed E-state index contributed by atoms with van der Waals surface area (Å²) in [5.41, 5.74) is 0.347. The number of hydrogen-bond donors (Lipinski definition) is 1. The predicted octanol–water partition coefficient (Wildman–Crippen LogP) is 2.68. The lowest BCUT2D eigenvalue weighted by molar-refractivity contribution is -0.0512. The van der Waals surface area contributed by atoms with Gasteiger partial charge >= 0.3 is 6.61 Å². The first-order valence-electron chi connectivity index (χ1n) is 7.76. The van der Waals surface area contributed by atoms with Gasteiger partial charge in [-0.05, 0) is 44.0 Å². The quantitative estimate of drug-likeness (QED) is 0.894. The maximum atomic E-state index is 12.9. The molecule has 0 saturated carbocycles. The highest BCUT2D eigenvalue weighted by Gasteiger charge is 2.38. The van der Waals surface area contributed by atoms with Crippen molar-refractivity contribution in [2.75, 3.05) is 20.2 Å². The Bertz CT molecular complexity index is 574. The van der Waals surface area contributed by atoms with Crippen LogP contribution in [0.5, 0.6) is 11.5 Å². The maximum Gasteiger partial charge on any atom is 0.387 e. The second-order valence-corrected chi connectivity index (χ2v) is 5.83. The highest BCUT2D eigenvalue weighted by atomic mass is 35.5. The number of carbonyl (C=O) groups excluding carboxylic acids is 1. The Balaban J connectivity index is 0.00000208. The summed E-state index contributed by atoms with van der Waals surface area (Å²) in [6.07, 6.45) is 2.88. The van der Waals surface area contributed by atoms with Gasteiger partial charge in [0, 0.05) is 24.2 Å². The molecule has 3 rings (SSSR count). The number of rotatable bonds is 4. The van der Waals surface area contributed by atoms with Gasteiger partial charge in [-0.1, -0.05) is 0 Å². The minimum atomic E-state index is -2.96. The average molecular weight is 363 g/mol. The number of alkyl halides is 2. The molecule has 2 bridgehead atoms. The largest absolute Gasteiger partial charge is 0.493 e. The lowest BCUT2D eigenvalue weighted by Gasteiger charge is -2.28. The van der Waals surface area contributed by atoms with E-state index in [9.17, 15) is 13.6 Å². The first-order valence-corrected chi connectivity index (χ1v) is 7.76. The maximum absolute atomic E-state index is 12.9. The number of carbonyl (C=O) groups is 1. The van der Waals surface area contributed by atoms with Gasteiger partial charge in [0.15, 0.2) is 11.5 Å². The third kappa shape index (κ3) is 3.72. The van der Waals surface area contributed by atoms with Crippen LogP contribution in [-0.4, -0.2) is 49.7 Å². The smallest absolute Gasteiger partial charge is 0.387 e. The zero-order valence-electron chi connectivity index (χ0n) is 13.3. The second kappa shape index (κ2) is 7.98. The van der Waals surface area contributed by atoms with Gasteiger partial charge < -0.3 is 19.7 Å². The van der Waals surface area contributed by atoms with Crippen molar-refractivity contribution in [1.29, 1.82) is 0 Å². The van der Waals surface area contributed by atoms with Gasteiger partial charge in [0.1, 0.15) is 0 Å². The van der Waals surface area contributed by atoms with Crippen LogP contribution in [0.3, 0.4) is 0 Å². The molecule has 0 radical (unpaired) electrons. The van der Waals surface area contributed by atoms with Gasteiger partial charge in [-0.15, -0.1) is 12.4 Å². The SMILES string of the molecule is COc1ccc(C(=O)N2C3CCNCC2CC3)cc1OC(F)F.Cl. The van der Waals surface area contributed by atoms with Crippen molar-refractivity contribution in [2.45, 2.75) is 38.0 Å². The van der Waals surface area contributed by atoms with E-state index < -0.39 is 6.61 Å². The normalized spacial score (nSPS) is 22.8. The molecule has 2 aliphatic heterocycles. The summed E-state index contributed by atoms with van der Waals surface area (Å²) in [6, 6.07) is 4.80. The molecule has 0 aliphatic carbocycles. The fraction of sp³-hybridized carbons (Fsp3) is 0.562. The van der Waals surface area contributed by atoms with Gasteiger partial charge in [0.25, 0.3) is 5.91 Å². The van der Waals surface area contributed by atoms with Crippen LogP contribution in [0.25, 0.3) is 0 Å². The fourth-order valence-corrected chi connectivity index (χ4v) is 3.46. The van der Waals surface area contributed by atoms with Gasteiger partial charge in [-0.3, -0.25) is 4.79 Å². The van der Waals surface area contributed by atoms with E-state index in [2.05, 4.69) is 10.1 Å². The molecule has 0 spiro atoms. The Kier molecular flexibility index (Phi) is 6.23. The summed E-state index contributed by atoms with van der Waals surface area (Å²) in [6.45, 7) is -1.29. The third-order valence-corrected chi connectivity index (χ3v) is 4.52. The first-order chi connectivity index (χ1) is 11.1. The second-order valence-electron chi connectivity index (χ2n) is 5.83. The highest BCUT2D eigenvalue weighted by Crippen LogP contribution is 2.33. The molecule has 1 aromatic carbocycles. The van der Waals surface area contributed by atoms with Gasteiger partial charge in [-0.25, -0.2) is 0 Å². The third-order valence-electron chi connectivity index (χ3n) is 4.52. The lowest BCUT2D eigenvalue weighted by atomic mass is 10.1. The fourth-order valence-electron chi connectivity index (χ4n) is 3.46. The van der Waals surface area contributed by atoms with Crippen LogP contribution in [0.2, 0.25) is 0 Å². The number of halogens is 3. The summed E-state index contributed by atoms with van der Waals surface area (Å²) in [7, 11) is 1.37. The van der Waals surface area contributed by atoms with Gasteiger partial charge in [0.05, 0.1) is 7.11 Å². The van der Waals surface area contributed by atoms with Gasteiger partial charge in [0.2, 0.25) is 0 Å². The van der Waals surface area contributed by atoms with Crippen molar-refractivity contribution in [3.8, 4) is 11.5 Å². The van der Waals surface area contributed by atoms with Crippen molar-refractivity contribution >= 4 is 18.3 Å². The zero-order valence-corrected chi connectivity index (χ0v) is 14.2. The number of benzene rings is 1. The number of amides is 1. The summed E-state index contributed by atoms with van der Waals surface area (Å²) >= 11 is 0. The van der Waals surface area contributed by atoms with Crippen LogP contribution in [0.15, 0.2) is 18.2 Å². The number of methoxy groups -OCH3 is 1. The molecule has 2 unspecified atom stereocenters. The molecule has 8 heteroatoms. The first kappa shape index (κ1) is 18.7. The number of nitrogens with one attached hydrogen (secondary N) is 1. The molecule has 2 saturated heterocycles. The number of nitrogens with zero attached hydrogens (tertiary/aromatic N) is 1. The predicted molar refractivity (Wildman–Crippen MR) is 87.3 cm³/mol. The van der Waals surface area contributed by atoms with E-state index in [1.165, 1.54) is 19.2 Å². The Morgan fingerprint density at radius 1 is 1.25 bits per heavy atom. The summed E-state index contributed by atoms with van der Waals surface area (Å²) in [5.74, 6) is -0.0704.